The molecule has 3 aliphatic rings. The summed E-state index contributed by atoms with van der Waals surface area (Å²) < 4.78 is 97.5. The smallest absolute Gasteiger partial charge is 0.411 e. The fraction of sp³-hybridized carbons (Fsp3) is 0.129. The van der Waals surface area contributed by atoms with Gasteiger partial charge >= 0.3 is 6.09 Å². The minimum Gasteiger partial charge on any atom is -0.485 e. The molecule has 2 amide bonds. The molecule has 0 spiro atoms. The Morgan fingerprint density at radius 3 is 1.67 bits per heavy atom. The molecule has 0 fully saturated rings. The molecule has 15 heteroatoms. The topological polar surface area (TPSA) is 133 Å². The van der Waals surface area contributed by atoms with Gasteiger partial charge < -0.3 is 24.7 Å². The number of rotatable bonds is 2. The summed E-state index contributed by atoms with van der Waals surface area (Å²) in [4.78, 5) is 21.8. The Hall–Kier alpha value is -5.91. The summed E-state index contributed by atoms with van der Waals surface area (Å²) in [5.41, 5.74) is 6.63. The summed E-state index contributed by atoms with van der Waals surface area (Å²) in [5, 5.41) is 10.9. The number of nitrogens with one attached hydrogen (secondary N) is 1. The number of nitriles is 1. The van der Waals surface area contributed by atoms with E-state index in [2.05, 4.69) is 10.1 Å². The molecule has 0 unspecified atom stereocenters. The van der Waals surface area contributed by atoms with Crippen LogP contribution in [0.4, 0.5) is 31.1 Å². The Bertz CT molecular complexity index is 1850. The van der Waals surface area contributed by atoms with E-state index in [9.17, 15) is 35.9 Å². The van der Waals surface area contributed by atoms with Crippen LogP contribution in [0.15, 0.2) is 53.2 Å². The van der Waals surface area contributed by atoms with E-state index < -0.39 is 46.9 Å². The van der Waals surface area contributed by atoms with E-state index in [1.165, 1.54) is 25.3 Å². The number of ether oxygens (including phenoxy) is 4. The number of amides is 2. The van der Waals surface area contributed by atoms with Crippen LogP contribution in [0.5, 0.6) is 17.2 Å². The number of benzene rings is 3. The van der Waals surface area contributed by atoms with Crippen LogP contribution in [-0.4, -0.2) is 38.9 Å². The molecule has 6 rings (SSSR count). The molecule has 0 bridgehead atoms. The van der Waals surface area contributed by atoms with Gasteiger partial charge in [-0.05, 0) is 36.4 Å². The molecule has 0 saturated heterocycles. The van der Waals surface area contributed by atoms with Gasteiger partial charge in [-0.2, -0.15) is 5.26 Å². The van der Waals surface area contributed by atoms with Crippen molar-refractivity contribution >= 4 is 30.2 Å². The fourth-order valence-corrected chi connectivity index (χ4v) is 4.12. The van der Waals surface area contributed by atoms with Crippen LogP contribution in [0, 0.1) is 46.2 Å². The van der Waals surface area contributed by atoms with E-state index in [4.69, 9.17) is 25.2 Å². The Labute approximate surface area is 256 Å². The van der Waals surface area contributed by atoms with E-state index in [0.29, 0.717) is 11.3 Å². The van der Waals surface area contributed by atoms with Crippen LogP contribution in [-0.2, 0) is 9.53 Å². The molecule has 3 heterocycles. The molecule has 3 aliphatic heterocycles. The summed E-state index contributed by atoms with van der Waals surface area (Å²) in [5.74, 6) is -5.15. The third-order valence-corrected chi connectivity index (χ3v) is 6.12. The standard InChI is InChI=1S/C11H9F2NO3.C10H7F2NO2.C10H5F2NO/c1-16-11(15)14-8-3-6-2-7(12)4-9(13)10(6)17-5-8;11-7-2-5-1-6(10(13)14)4-15-9(5)8(12)3-7;11-8-2-7-1-6(4-13)5-14-10(7)9(12)3-8/h2-4H,5H2,1H3,(H,14,15);1-3H,4H2,(H2,13,14);1-3H,5H2. The number of carbonyl (C=O) groups is 2. The van der Waals surface area contributed by atoms with Crippen molar-refractivity contribution in [2.75, 3.05) is 26.9 Å². The lowest BCUT2D eigenvalue weighted by molar-refractivity contribution is -0.114. The largest absolute Gasteiger partial charge is 0.485 e. The molecule has 9 nitrogen and oxygen atoms in total. The second-order valence-corrected chi connectivity index (χ2v) is 9.39. The van der Waals surface area contributed by atoms with E-state index in [-0.39, 0.29) is 59.3 Å². The number of hydrogen-bond acceptors (Lipinski definition) is 7. The van der Waals surface area contributed by atoms with Crippen LogP contribution < -0.4 is 25.3 Å². The van der Waals surface area contributed by atoms with E-state index in [0.717, 1.165) is 36.4 Å². The van der Waals surface area contributed by atoms with Crippen molar-refractivity contribution in [2.24, 2.45) is 5.73 Å². The first-order valence-electron chi connectivity index (χ1n) is 12.9. The quantitative estimate of drug-likeness (QED) is 0.350. The van der Waals surface area contributed by atoms with Crippen molar-refractivity contribution in [3.8, 4) is 23.3 Å². The van der Waals surface area contributed by atoms with Gasteiger partial charge in [0.05, 0.1) is 30.0 Å². The molecule has 3 aromatic carbocycles. The number of fused-ring (bicyclic) bond motifs is 3. The Morgan fingerprint density at radius 1 is 0.739 bits per heavy atom. The van der Waals surface area contributed by atoms with Crippen LogP contribution in [0.1, 0.15) is 16.7 Å². The Kier molecular flexibility index (Phi) is 10.2. The molecule has 238 valence electrons. The predicted octanol–water partition coefficient (Wildman–Crippen LogP) is 5.54. The molecule has 0 saturated carbocycles. The summed E-state index contributed by atoms with van der Waals surface area (Å²) in [6.07, 6.45) is 3.51. The number of carbonyl (C=O) groups excluding carboxylic acids is 2. The molecule has 3 aromatic rings. The first kappa shape index (κ1) is 33.0. The lowest BCUT2D eigenvalue weighted by atomic mass is 10.1. The highest BCUT2D eigenvalue weighted by atomic mass is 19.2. The third kappa shape index (κ3) is 7.97. The number of primary amides is 1. The van der Waals surface area contributed by atoms with E-state index in [1.807, 2.05) is 6.07 Å². The van der Waals surface area contributed by atoms with Crippen molar-refractivity contribution in [3.63, 3.8) is 0 Å². The summed E-state index contributed by atoms with van der Waals surface area (Å²) in [6, 6.07) is 7.43. The van der Waals surface area contributed by atoms with Crippen LogP contribution in [0.3, 0.4) is 0 Å². The molecular formula is C31H21F6N3O6. The number of methoxy groups -OCH3 is 1. The van der Waals surface area contributed by atoms with Gasteiger partial charge in [-0.25, -0.2) is 31.1 Å². The summed E-state index contributed by atoms with van der Waals surface area (Å²) in [6.45, 7) is -0.0679. The summed E-state index contributed by atoms with van der Waals surface area (Å²) in [7, 11) is 1.22. The number of halogens is 6. The predicted molar refractivity (Wildman–Crippen MR) is 150 cm³/mol. The van der Waals surface area contributed by atoms with E-state index >= 15 is 0 Å². The molecule has 0 aliphatic carbocycles. The third-order valence-electron chi connectivity index (χ3n) is 6.12. The lowest BCUT2D eigenvalue weighted by Gasteiger charge is -2.18. The first-order valence-corrected chi connectivity index (χ1v) is 12.9. The van der Waals surface area contributed by atoms with Gasteiger partial charge in [0, 0.05) is 34.9 Å². The molecular weight excluding hydrogens is 624 g/mol. The molecule has 46 heavy (non-hydrogen) atoms. The van der Waals surface area contributed by atoms with Gasteiger partial charge in [0.15, 0.2) is 34.7 Å². The maximum Gasteiger partial charge on any atom is 0.411 e. The molecule has 0 radical (unpaired) electrons. The van der Waals surface area contributed by atoms with Crippen molar-refractivity contribution in [1.82, 2.24) is 5.32 Å². The maximum atomic E-state index is 13.3. The van der Waals surface area contributed by atoms with Crippen molar-refractivity contribution in [3.05, 3.63) is 105 Å². The summed E-state index contributed by atoms with van der Waals surface area (Å²) >= 11 is 0. The molecule has 0 aromatic heterocycles. The van der Waals surface area contributed by atoms with Gasteiger partial charge in [-0.15, -0.1) is 0 Å². The van der Waals surface area contributed by atoms with Crippen LogP contribution >= 0.6 is 0 Å². The van der Waals surface area contributed by atoms with Crippen molar-refractivity contribution in [2.45, 2.75) is 0 Å². The monoisotopic (exact) mass is 645 g/mol. The minimum absolute atomic E-state index is 0.00500. The lowest BCUT2D eigenvalue weighted by Crippen LogP contribution is -2.27. The van der Waals surface area contributed by atoms with Gasteiger partial charge in [0.2, 0.25) is 5.91 Å². The SMILES string of the molecule is COC(=O)NC1=Cc2cc(F)cc(F)c2OC1.N#CC1=Cc2cc(F)cc(F)c2OC1.NC(=O)C1=Cc2cc(F)cc(F)c2OC1. The van der Waals surface area contributed by atoms with Crippen molar-refractivity contribution < 1.29 is 54.9 Å². The fourth-order valence-electron chi connectivity index (χ4n) is 4.12. The first-order chi connectivity index (χ1) is 21.9. The van der Waals surface area contributed by atoms with Crippen LogP contribution in [0.2, 0.25) is 0 Å². The van der Waals surface area contributed by atoms with E-state index in [1.54, 1.807) is 0 Å². The zero-order valence-corrected chi connectivity index (χ0v) is 23.6. The van der Waals surface area contributed by atoms with Gasteiger partial charge in [-0.1, -0.05) is 0 Å². The maximum absolute atomic E-state index is 13.3. The Balaban J connectivity index is 0.000000157. The van der Waals surface area contributed by atoms with Gasteiger partial charge in [0.25, 0.3) is 0 Å². The van der Waals surface area contributed by atoms with Crippen molar-refractivity contribution in [1.29, 1.82) is 5.26 Å². The normalized spacial score (nSPS) is 13.6. The second kappa shape index (κ2) is 14.2. The van der Waals surface area contributed by atoms with Gasteiger partial charge in [0.1, 0.15) is 37.3 Å². The number of nitrogens with two attached hydrogens (primary N) is 1. The van der Waals surface area contributed by atoms with Gasteiger partial charge in [-0.3, -0.25) is 10.1 Å². The Morgan fingerprint density at radius 2 is 1.20 bits per heavy atom. The zero-order valence-electron chi connectivity index (χ0n) is 23.6. The minimum atomic E-state index is -0.787. The average molecular weight is 646 g/mol. The number of nitrogens with zero attached hydrogens (tertiary/aromatic N) is 1. The van der Waals surface area contributed by atoms with Crippen LogP contribution in [0.25, 0.3) is 18.2 Å². The highest BCUT2D eigenvalue weighted by molar-refractivity contribution is 5.98. The zero-order chi connectivity index (χ0) is 33.5. The number of alkyl carbamates (subject to hydrolysis) is 1. The average Bonchev–Trinajstić information content (AvgIpc) is 3.00. The number of hydrogen-bond donors (Lipinski definition) is 2. The molecule has 0 atom stereocenters. The highest BCUT2D eigenvalue weighted by Gasteiger charge is 2.20. The second-order valence-electron chi connectivity index (χ2n) is 9.39. The molecule has 3 N–H and O–H groups in total. The highest BCUT2D eigenvalue weighted by Crippen LogP contribution is 2.32.